The fourth-order valence-corrected chi connectivity index (χ4v) is 5.02. The van der Waals surface area contributed by atoms with E-state index < -0.39 is 5.60 Å². The van der Waals surface area contributed by atoms with Crippen molar-refractivity contribution in [2.75, 3.05) is 33.7 Å². The summed E-state index contributed by atoms with van der Waals surface area (Å²) >= 11 is 0. The molecule has 3 nitrogen and oxygen atoms in total. The van der Waals surface area contributed by atoms with E-state index in [-0.39, 0.29) is 11.5 Å². The van der Waals surface area contributed by atoms with Crippen LogP contribution in [0.3, 0.4) is 0 Å². The Kier molecular flexibility index (Phi) is 5.67. The highest BCUT2D eigenvalue weighted by Crippen LogP contribution is 2.45. The minimum absolute atomic E-state index is 0.145. The van der Waals surface area contributed by atoms with Crippen molar-refractivity contribution in [3.63, 3.8) is 0 Å². The molecular formula is C22H34N2O. The van der Waals surface area contributed by atoms with E-state index >= 15 is 0 Å². The first kappa shape index (κ1) is 18.6. The Hall–Kier alpha value is -1.16. The third kappa shape index (κ3) is 3.69. The van der Waals surface area contributed by atoms with Gasteiger partial charge >= 0.3 is 0 Å². The number of nitrogens with zero attached hydrogens (tertiary/aromatic N) is 2. The van der Waals surface area contributed by atoms with Crippen LogP contribution in [0, 0.1) is 5.92 Å². The van der Waals surface area contributed by atoms with Gasteiger partial charge in [-0.05, 0) is 38.9 Å². The second kappa shape index (κ2) is 7.61. The van der Waals surface area contributed by atoms with Crippen molar-refractivity contribution < 1.29 is 5.11 Å². The Labute approximate surface area is 153 Å². The van der Waals surface area contributed by atoms with Gasteiger partial charge in [-0.25, -0.2) is 0 Å². The Balaban J connectivity index is 1.90. The highest BCUT2D eigenvalue weighted by Gasteiger charge is 2.47. The molecule has 0 spiro atoms. The molecule has 3 heteroatoms. The lowest BCUT2D eigenvalue weighted by Gasteiger charge is -2.53. The van der Waals surface area contributed by atoms with Gasteiger partial charge in [0.25, 0.3) is 0 Å². The number of benzene rings is 1. The maximum absolute atomic E-state index is 11.1. The van der Waals surface area contributed by atoms with Gasteiger partial charge in [0.15, 0.2) is 0 Å². The third-order valence-electron chi connectivity index (χ3n) is 6.47. The number of aliphatic hydroxyl groups is 1. The van der Waals surface area contributed by atoms with Crippen molar-refractivity contribution in [3.8, 4) is 0 Å². The van der Waals surface area contributed by atoms with Gasteiger partial charge in [-0.15, -0.1) is 6.58 Å². The maximum atomic E-state index is 11.1. The lowest BCUT2D eigenvalue weighted by atomic mass is 9.72. The van der Waals surface area contributed by atoms with Gasteiger partial charge in [-0.2, -0.15) is 0 Å². The highest BCUT2D eigenvalue weighted by atomic mass is 16.3. The first-order chi connectivity index (χ1) is 12.0. The van der Waals surface area contributed by atoms with Crippen LogP contribution in [0.5, 0.6) is 0 Å². The number of rotatable bonds is 5. The van der Waals surface area contributed by atoms with Gasteiger partial charge in [0.1, 0.15) is 0 Å². The summed E-state index contributed by atoms with van der Waals surface area (Å²) in [5.41, 5.74) is 0.863. The minimum Gasteiger partial charge on any atom is -0.385 e. The molecule has 1 aromatic rings. The molecular weight excluding hydrogens is 308 g/mol. The minimum atomic E-state index is -0.743. The SMILES string of the molecule is C=CC1(O)CCN(C2(c3ccccc3)CCCCC2)CC1CN(C)C. The number of hydrogen-bond donors (Lipinski definition) is 1. The van der Waals surface area contributed by atoms with E-state index in [1.807, 2.05) is 0 Å². The van der Waals surface area contributed by atoms with Crippen molar-refractivity contribution in [3.05, 3.63) is 48.6 Å². The Bertz CT molecular complexity index is 565. The zero-order valence-electron chi connectivity index (χ0n) is 16.0. The molecule has 1 aliphatic carbocycles. The van der Waals surface area contributed by atoms with Gasteiger partial charge in [0.2, 0.25) is 0 Å². The van der Waals surface area contributed by atoms with Crippen LogP contribution in [-0.2, 0) is 5.54 Å². The molecule has 1 heterocycles. The van der Waals surface area contributed by atoms with Crippen LogP contribution in [0.2, 0.25) is 0 Å². The molecule has 0 aromatic heterocycles. The van der Waals surface area contributed by atoms with Crippen molar-refractivity contribution in [2.45, 2.75) is 49.7 Å². The van der Waals surface area contributed by atoms with E-state index in [0.29, 0.717) is 0 Å². The average Bonchev–Trinajstić information content (AvgIpc) is 2.64. The van der Waals surface area contributed by atoms with E-state index in [0.717, 1.165) is 26.1 Å². The Morgan fingerprint density at radius 1 is 1.16 bits per heavy atom. The van der Waals surface area contributed by atoms with Crippen LogP contribution < -0.4 is 0 Å². The van der Waals surface area contributed by atoms with E-state index in [2.05, 4.69) is 60.8 Å². The monoisotopic (exact) mass is 342 g/mol. The molecule has 1 saturated carbocycles. The largest absolute Gasteiger partial charge is 0.385 e. The number of hydrogen-bond acceptors (Lipinski definition) is 3. The summed E-state index contributed by atoms with van der Waals surface area (Å²) in [6.45, 7) is 6.72. The molecule has 1 N–H and O–H groups in total. The second-order valence-corrected chi connectivity index (χ2v) is 8.31. The summed E-state index contributed by atoms with van der Waals surface area (Å²) in [5.74, 6) is 0.205. The fraction of sp³-hybridized carbons (Fsp3) is 0.636. The van der Waals surface area contributed by atoms with Crippen molar-refractivity contribution in [1.82, 2.24) is 9.80 Å². The van der Waals surface area contributed by atoms with E-state index in [1.54, 1.807) is 6.08 Å². The van der Waals surface area contributed by atoms with Crippen molar-refractivity contribution in [1.29, 1.82) is 0 Å². The molecule has 2 atom stereocenters. The van der Waals surface area contributed by atoms with Gasteiger partial charge in [0, 0.05) is 31.1 Å². The average molecular weight is 343 g/mol. The topological polar surface area (TPSA) is 26.7 Å². The van der Waals surface area contributed by atoms with Crippen molar-refractivity contribution in [2.24, 2.45) is 5.92 Å². The van der Waals surface area contributed by atoms with Crippen LogP contribution in [0.4, 0.5) is 0 Å². The molecule has 3 rings (SSSR count). The molecule has 1 saturated heterocycles. The first-order valence-electron chi connectivity index (χ1n) is 9.81. The van der Waals surface area contributed by atoms with E-state index in [4.69, 9.17) is 0 Å². The lowest BCUT2D eigenvalue weighted by molar-refractivity contribution is -0.0836. The summed E-state index contributed by atoms with van der Waals surface area (Å²) in [4.78, 5) is 4.88. The highest BCUT2D eigenvalue weighted by molar-refractivity contribution is 5.26. The molecule has 2 fully saturated rings. The van der Waals surface area contributed by atoms with Crippen LogP contribution in [0.15, 0.2) is 43.0 Å². The van der Waals surface area contributed by atoms with Crippen LogP contribution in [-0.4, -0.2) is 54.2 Å². The molecule has 2 unspecified atom stereocenters. The summed E-state index contributed by atoms with van der Waals surface area (Å²) in [6, 6.07) is 11.1. The smallest absolute Gasteiger partial charge is 0.0889 e. The lowest BCUT2D eigenvalue weighted by Crippen LogP contribution is -2.59. The molecule has 1 aromatic carbocycles. The predicted octanol–water partition coefficient (Wildman–Crippen LogP) is 3.65. The zero-order chi connectivity index (χ0) is 17.9. The Morgan fingerprint density at radius 3 is 2.44 bits per heavy atom. The van der Waals surface area contributed by atoms with Crippen LogP contribution >= 0.6 is 0 Å². The molecule has 1 aliphatic heterocycles. The van der Waals surface area contributed by atoms with Gasteiger partial charge in [-0.3, -0.25) is 4.90 Å². The molecule has 25 heavy (non-hydrogen) atoms. The molecule has 2 aliphatic rings. The summed E-state index contributed by atoms with van der Waals surface area (Å²) in [5, 5.41) is 11.1. The summed E-state index contributed by atoms with van der Waals surface area (Å²) in [7, 11) is 4.19. The van der Waals surface area contributed by atoms with E-state index in [9.17, 15) is 5.11 Å². The maximum Gasteiger partial charge on any atom is 0.0889 e. The first-order valence-corrected chi connectivity index (χ1v) is 9.81. The van der Waals surface area contributed by atoms with Crippen LogP contribution in [0.1, 0.15) is 44.1 Å². The number of likely N-dealkylation sites (tertiary alicyclic amines) is 1. The van der Waals surface area contributed by atoms with Gasteiger partial charge in [0.05, 0.1) is 5.60 Å². The predicted molar refractivity (Wildman–Crippen MR) is 105 cm³/mol. The summed E-state index contributed by atoms with van der Waals surface area (Å²) in [6.07, 6.45) is 8.99. The zero-order valence-corrected chi connectivity index (χ0v) is 16.0. The van der Waals surface area contributed by atoms with Crippen molar-refractivity contribution >= 4 is 0 Å². The number of piperidine rings is 1. The van der Waals surface area contributed by atoms with Gasteiger partial charge < -0.3 is 10.0 Å². The fourth-order valence-electron chi connectivity index (χ4n) is 5.02. The molecule has 138 valence electrons. The standard InChI is InChI=1S/C22H34N2O/c1-4-22(25)15-16-24(18-20(22)17-23(2)3)21(13-9-6-10-14-21)19-11-7-5-8-12-19/h4-5,7-8,11-12,20,25H,1,6,9-10,13-18H2,2-3H3. The Morgan fingerprint density at radius 2 is 1.84 bits per heavy atom. The molecule has 0 radical (unpaired) electrons. The molecule has 0 bridgehead atoms. The third-order valence-corrected chi connectivity index (χ3v) is 6.47. The molecule has 0 amide bonds. The van der Waals surface area contributed by atoms with Gasteiger partial charge in [-0.1, -0.05) is 55.7 Å². The second-order valence-electron chi connectivity index (χ2n) is 8.31. The summed E-state index contributed by atoms with van der Waals surface area (Å²) < 4.78 is 0. The normalized spacial score (nSPS) is 30.3. The van der Waals surface area contributed by atoms with Crippen LogP contribution in [0.25, 0.3) is 0 Å². The van der Waals surface area contributed by atoms with E-state index in [1.165, 1.54) is 37.7 Å². The quantitative estimate of drug-likeness (QED) is 0.828.